The summed E-state index contributed by atoms with van der Waals surface area (Å²) in [5.41, 5.74) is 7.30. The van der Waals surface area contributed by atoms with Crippen molar-refractivity contribution in [3.05, 3.63) is 52.4 Å². The molecule has 0 radical (unpaired) electrons. The van der Waals surface area contributed by atoms with Gasteiger partial charge in [-0.25, -0.2) is 0 Å². The van der Waals surface area contributed by atoms with Crippen LogP contribution in [0.25, 0.3) is 0 Å². The van der Waals surface area contributed by atoms with Crippen LogP contribution in [0.15, 0.2) is 45.5 Å². The first-order valence-electron chi connectivity index (χ1n) is 5.48. The average molecular weight is 309 g/mol. The molecule has 0 aliphatic rings. The Labute approximate surface area is 113 Å². The van der Waals surface area contributed by atoms with E-state index in [-0.39, 0.29) is 17.7 Å². The third-order valence-corrected chi connectivity index (χ3v) is 3.01. The number of hydrogen-bond acceptors (Lipinski definition) is 3. The van der Waals surface area contributed by atoms with Gasteiger partial charge in [-0.2, -0.15) is 0 Å². The summed E-state index contributed by atoms with van der Waals surface area (Å²) < 4.78 is 5.72. The van der Waals surface area contributed by atoms with Crippen molar-refractivity contribution in [2.45, 2.75) is 13.0 Å². The number of benzene rings is 1. The lowest BCUT2D eigenvalue weighted by atomic mass is 10.1. The first-order chi connectivity index (χ1) is 8.56. The van der Waals surface area contributed by atoms with Crippen molar-refractivity contribution in [3.63, 3.8) is 0 Å². The predicted octanol–water partition coefficient (Wildman–Crippen LogP) is 3.12. The summed E-state index contributed by atoms with van der Waals surface area (Å²) in [6.45, 7) is 1.90. The zero-order chi connectivity index (χ0) is 13.1. The number of furan rings is 1. The summed E-state index contributed by atoms with van der Waals surface area (Å²) in [7, 11) is 0. The molecule has 3 N–H and O–H groups in total. The number of carbonyl (C=O) groups is 1. The maximum absolute atomic E-state index is 11.9. The molecule has 1 unspecified atom stereocenters. The fraction of sp³-hybridized carbons (Fsp3) is 0.154. The van der Waals surface area contributed by atoms with E-state index in [1.807, 2.05) is 31.2 Å². The molecule has 0 spiro atoms. The maximum atomic E-state index is 11.9. The van der Waals surface area contributed by atoms with Crippen LogP contribution in [0.4, 0.5) is 5.69 Å². The average Bonchev–Trinajstić information content (AvgIpc) is 2.76. The molecule has 0 saturated heterocycles. The van der Waals surface area contributed by atoms with E-state index in [1.54, 1.807) is 12.1 Å². The first-order valence-corrected chi connectivity index (χ1v) is 6.27. The van der Waals surface area contributed by atoms with E-state index in [0.29, 0.717) is 10.4 Å². The molecule has 1 aromatic carbocycles. The zero-order valence-electron chi connectivity index (χ0n) is 9.81. The number of nitrogen functional groups attached to an aromatic ring is 1. The molecular formula is C13H13BrN2O2. The van der Waals surface area contributed by atoms with Gasteiger partial charge in [0.2, 0.25) is 0 Å². The highest BCUT2D eigenvalue weighted by molar-refractivity contribution is 9.10. The number of rotatable bonds is 3. The Hall–Kier alpha value is -1.75. The van der Waals surface area contributed by atoms with Gasteiger partial charge in [-0.05, 0) is 52.7 Å². The number of anilines is 1. The number of halogens is 1. The molecule has 0 fully saturated rings. The summed E-state index contributed by atoms with van der Waals surface area (Å²) in [5.74, 6) is 0.0363. The largest absolute Gasteiger partial charge is 0.444 e. The predicted molar refractivity (Wildman–Crippen MR) is 73.1 cm³/mol. The van der Waals surface area contributed by atoms with Crippen molar-refractivity contribution >= 4 is 27.5 Å². The second-order valence-corrected chi connectivity index (χ2v) is 4.75. The molecule has 0 aliphatic carbocycles. The van der Waals surface area contributed by atoms with E-state index in [1.165, 1.54) is 0 Å². The molecule has 0 aliphatic heterocycles. The van der Waals surface area contributed by atoms with E-state index in [9.17, 15) is 4.79 Å². The number of nitrogens with two attached hydrogens (primary N) is 1. The maximum Gasteiger partial charge on any atom is 0.287 e. The van der Waals surface area contributed by atoms with Crippen LogP contribution >= 0.6 is 15.9 Å². The van der Waals surface area contributed by atoms with E-state index in [4.69, 9.17) is 10.2 Å². The van der Waals surface area contributed by atoms with Crippen LogP contribution in [-0.4, -0.2) is 5.91 Å². The van der Waals surface area contributed by atoms with E-state index in [0.717, 1.165) is 5.56 Å². The molecule has 1 atom stereocenters. The third-order valence-electron chi connectivity index (χ3n) is 2.58. The number of amides is 1. The lowest BCUT2D eigenvalue weighted by Crippen LogP contribution is -2.26. The number of nitrogens with one attached hydrogen (secondary N) is 1. The Morgan fingerprint density at radius 1 is 1.28 bits per heavy atom. The summed E-state index contributed by atoms with van der Waals surface area (Å²) in [5, 5.41) is 2.85. The van der Waals surface area contributed by atoms with Crippen molar-refractivity contribution in [1.29, 1.82) is 0 Å². The molecule has 5 heteroatoms. The van der Waals surface area contributed by atoms with Gasteiger partial charge in [-0.3, -0.25) is 4.79 Å². The molecule has 1 aromatic heterocycles. The highest BCUT2D eigenvalue weighted by Gasteiger charge is 2.14. The van der Waals surface area contributed by atoms with Gasteiger partial charge in [-0.15, -0.1) is 0 Å². The van der Waals surface area contributed by atoms with Gasteiger partial charge in [-0.1, -0.05) is 12.1 Å². The molecule has 94 valence electrons. The van der Waals surface area contributed by atoms with Crippen LogP contribution in [0, 0.1) is 0 Å². The lowest BCUT2D eigenvalue weighted by Gasteiger charge is -2.13. The van der Waals surface area contributed by atoms with Gasteiger partial charge < -0.3 is 15.5 Å². The highest BCUT2D eigenvalue weighted by Crippen LogP contribution is 2.17. The van der Waals surface area contributed by atoms with Crippen LogP contribution in [-0.2, 0) is 0 Å². The Bertz CT molecular complexity index is 548. The Morgan fingerprint density at radius 3 is 2.50 bits per heavy atom. The van der Waals surface area contributed by atoms with Crippen LogP contribution < -0.4 is 11.1 Å². The third kappa shape index (κ3) is 2.92. The molecule has 0 bridgehead atoms. The van der Waals surface area contributed by atoms with Gasteiger partial charge in [0.25, 0.3) is 5.91 Å². The number of carbonyl (C=O) groups excluding carboxylic acids is 1. The van der Waals surface area contributed by atoms with Gasteiger partial charge in [0.1, 0.15) is 0 Å². The van der Waals surface area contributed by atoms with Crippen molar-refractivity contribution in [3.8, 4) is 0 Å². The summed E-state index contributed by atoms with van der Waals surface area (Å²) in [6.07, 6.45) is 0. The van der Waals surface area contributed by atoms with Gasteiger partial charge in [0.15, 0.2) is 10.4 Å². The first kappa shape index (κ1) is 12.7. The standard InChI is InChI=1S/C13H13BrN2O2/c1-8(9-2-4-10(15)5-3-9)16-13(17)11-6-7-12(14)18-11/h2-8H,15H2,1H3,(H,16,17). The minimum atomic E-state index is -0.245. The van der Waals surface area contributed by atoms with Crippen LogP contribution in [0.1, 0.15) is 29.1 Å². The Balaban J connectivity index is 2.05. The van der Waals surface area contributed by atoms with E-state index >= 15 is 0 Å². The topological polar surface area (TPSA) is 68.3 Å². The summed E-state index contributed by atoms with van der Waals surface area (Å²) >= 11 is 3.16. The Kier molecular flexibility index (Phi) is 3.72. The quantitative estimate of drug-likeness (QED) is 0.856. The molecular weight excluding hydrogens is 296 g/mol. The zero-order valence-corrected chi connectivity index (χ0v) is 11.4. The monoisotopic (exact) mass is 308 g/mol. The molecule has 2 aromatic rings. The highest BCUT2D eigenvalue weighted by atomic mass is 79.9. The fourth-order valence-corrected chi connectivity index (χ4v) is 1.88. The molecule has 0 saturated carbocycles. The van der Waals surface area contributed by atoms with E-state index in [2.05, 4.69) is 21.2 Å². The Morgan fingerprint density at radius 2 is 1.94 bits per heavy atom. The van der Waals surface area contributed by atoms with Crippen molar-refractivity contribution in [2.75, 3.05) is 5.73 Å². The van der Waals surface area contributed by atoms with Crippen molar-refractivity contribution < 1.29 is 9.21 Å². The minimum absolute atomic E-state index is 0.109. The number of hydrogen-bond donors (Lipinski definition) is 2. The molecule has 1 heterocycles. The SMILES string of the molecule is CC(NC(=O)c1ccc(Br)o1)c1ccc(N)cc1. The summed E-state index contributed by atoms with van der Waals surface area (Å²) in [4.78, 5) is 11.9. The smallest absolute Gasteiger partial charge is 0.287 e. The van der Waals surface area contributed by atoms with Crippen LogP contribution in [0.3, 0.4) is 0 Å². The molecule has 2 rings (SSSR count). The van der Waals surface area contributed by atoms with Gasteiger partial charge >= 0.3 is 0 Å². The van der Waals surface area contributed by atoms with E-state index < -0.39 is 0 Å². The van der Waals surface area contributed by atoms with Crippen LogP contribution in [0.5, 0.6) is 0 Å². The molecule has 1 amide bonds. The second kappa shape index (κ2) is 5.27. The van der Waals surface area contributed by atoms with Crippen LogP contribution in [0.2, 0.25) is 0 Å². The minimum Gasteiger partial charge on any atom is -0.444 e. The summed E-state index contributed by atoms with van der Waals surface area (Å²) in [6, 6.07) is 10.6. The fourth-order valence-electron chi connectivity index (χ4n) is 1.57. The molecule has 4 nitrogen and oxygen atoms in total. The van der Waals surface area contributed by atoms with Crippen molar-refractivity contribution in [1.82, 2.24) is 5.32 Å². The van der Waals surface area contributed by atoms with Gasteiger partial charge in [0, 0.05) is 5.69 Å². The normalized spacial score (nSPS) is 12.1. The van der Waals surface area contributed by atoms with Gasteiger partial charge in [0.05, 0.1) is 6.04 Å². The molecule has 18 heavy (non-hydrogen) atoms. The lowest BCUT2D eigenvalue weighted by molar-refractivity contribution is 0.0910. The second-order valence-electron chi connectivity index (χ2n) is 3.97. The van der Waals surface area contributed by atoms with Crippen molar-refractivity contribution in [2.24, 2.45) is 0 Å².